The van der Waals surface area contributed by atoms with Crippen molar-refractivity contribution in [2.75, 3.05) is 26.3 Å². The number of ether oxygens (including phenoxy) is 1. The van der Waals surface area contributed by atoms with E-state index in [4.69, 9.17) is 4.74 Å². The Balaban J connectivity index is 1.86. The Labute approximate surface area is 162 Å². The molecule has 0 aliphatic carbocycles. The van der Waals surface area contributed by atoms with Crippen LogP contribution in [0.2, 0.25) is 0 Å². The number of nitrogens with zero attached hydrogens (tertiary/aromatic N) is 3. The van der Waals surface area contributed by atoms with Crippen molar-refractivity contribution in [1.29, 1.82) is 0 Å². The lowest BCUT2D eigenvalue weighted by molar-refractivity contribution is -0.0395. The van der Waals surface area contributed by atoms with Gasteiger partial charge in [-0.2, -0.15) is 0 Å². The van der Waals surface area contributed by atoms with Gasteiger partial charge in [-0.1, -0.05) is 0 Å². The lowest BCUT2D eigenvalue weighted by Crippen LogP contribution is -2.44. The van der Waals surface area contributed by atoms with Gasteiger partial charge in [-0.15, -0.1) is 11.3 Å². The Bertz CT molecular complexity index is 1040. The number of alkyl halides is 2. The number of amides is 2. The molecular formula is C17H20F2N4O4S. The van der Waals surface area contributed by atoms with Crippen molar-refractivity contribution in [3.8, 4) is 0 Å². The van der Waals surface area contributed by atoms with Crippen LogP contribution in [-0.2, 0) is 24.4 Å². The molecule has 152 valence electrons. The van der Waals surface area contributed by atoms with Crippen molar-refractivity contribution in [3.63, 3.8) is 0 Å². The molecule has 2 aliphatic rings. The average molecular weight is 414 g/mol. The van der Waals surface area contributed by atoms with E-state index in [0.29, 0.717) is 54.4 Å². The van der Waals surface area contributed by atoms with E-state index in [1.807, 2.05) is 0 Å². The minimum atomic E-state index is -2.81. The number of aromatic nitrogens is 2. The number of carbonyl (C=O) groups excluding carboxylic acids is 1. The van der Waals surface area contributed by atoms with E-state index >= 15 is 0 Å². The second kappa shape index (κ2) is 7.28. The average Bonchev–Trinajstić information content (AvgIpc) is 3.14. The number of urea groups is 1. The Kier molecular flexibility index (Phi) is 4.96. The summed E-state index contributed by atoms with van der Waals surface area (Å²) in [5.41, 5.74) is -0.796. The standard InChI is InChI=1S/C17H20F2N4O4S/c1-9-11(5-21-3-2-20-16(21)25)28-15-13(9)14(24)22(6-12(18)19)17(26)23(15)4-10-7-27-8-10/h10,12H,2-8H2,1H3,(H,20,25). The molecule has 0 radical (unpaired) electrons. The number of thiophene rings is 1. The van der Waals surface area contributed by atoms with Gasteiger partial charge in [0.25, 0.3) is 12.0 Å². The molecule has 8 nitrogen and oxygen atoms in total. The second-order valence-corrected chi connectivity index (χ2v) is 8.17. The summed E-state index contributed by atoms with van der Waals surface area (Å²) in [7, 11) is 0. The highest BCUT2D eigenvalue weighted by molar-refractivity contribution is 7.18. The maximum Gasteiger partial charge on any atom is 0.332 e. The van der Waals surface area contributed by atoms with Crippen molar-refractivity contribution in [1.82, 2.24) is 19.4 Å². The summed E-state index contributed by atoms with van der Waals surface area (Å²) in [6.45, 7) is 3.50. The third-order valence-electron chi connectivity index (χ3n) is 5.14. The first-order chi connectivity index (χ1) is 13.4. The Morgan fingerprint density at radius 3 is 2.57 bits per heavy atom. The van der Waals surface area contributed by atoms with E-state index in [9.17, 15) is 23.2 Å². The van der Waals surface area contributed by atoms with Crippen LogP contribution in [0.3, 0.4) is 0 Å². The molecule has 1 N–H and O–H groups in total. The molecule has 0 saturated carbocycles. The van der Waals surface area contributed by atoms with Crippen LogP contribution in [0.5, 0.6) is 0 Å². The van der Waals surface area contributed by atoms with Crippen LogP contribution >= 0.6 is 11.3 Å². The molecule has 0 bridgehead atoms. The van der Waals surface area contributed by atoms with Crippen LogP contribution in [0.25, 0.3) is 10.2 Å². The third-order valence-corrected chi connectivity index (χ3v) is 6.44. The maximum atomic E-state index is 13.0. The van der Waals surface area contributed by atoms with Crippen molar-refractivity contribution >= 4 is 27.6 Å². The summed E-state index contributed by atoms with van der Waals surface area (Å²) in [4.78, 5) is 40.4. The van der Waals surface area contributed by atoms with E-state index in [-0.39, 0.29) is 17.3 Å². The predicted octanol–water partition coefficient (Wildman–Crippen LogP) is 0.970. The van der Waals surface area contributed by atoms with Gasteiger partial charge in [-0.25, -0.2) is 18.4 Å². The van der Waals surface area contributed by atoms with E-state index < -0.39 is 24.2 Å². The summed E-state index contributed by atoms with van der Waals surface area (Å²) < 4.78 is 33.2. The van der Waals surface area contributed by atoms with E-state index in [1.165, 1.54) is 15.9 Å². The number of hydrogen-bond donors (Lipinski definition) is 1. The molecule has 0 spiro atoms. The highest BCUT2D eigenvalue weighted by Gasteiger charge is 2.27. The second-order valence-electron chi connectivity index (χ2n) is 7.09. The van der Waals surface area contributed by atoms with Crippen LogP contribution in [0, 0.1) is 12.8 Å². The quantitative estimate of drug-likeness (QED) is 0.763. The number of aryl methyl sites for hydroxylation is 1. The molecule has 2 saturated heterocycles. The largest absolute Gasteiger partial charge is 0.381 e. The van der Waals surface area contributed by atoms with Crippen LogP contribution in [0.15, 0.2) is 9.59 Å². The van der Waals surface area contributed by atoms with Gasteiger partial charge in [0.1, 0.15) is 4.83 Å². The van der Waals surface area contributed by atoms with Gasteiger partial charge < -0.3 is 15.0 Å². The number of rotatable bonds is 6. The zero-order valence-corrected chi connectivity index (χ0v) is 16.1. The summed E-state index contributed by atoms with van der Waals surface area (Å²) >= 11 is 1.27. The smallest absolute Gasteiger partial charge is 0.332 e. The molecule has 0 unspecified atom stereocenters. The van der Waals surface area contributed by atoms with Crippen molar-refractivity contribution < 1.29 is 18.3 Å². The molecular weight excluding hydrogens is 394 g/mol. The summed E-state index contributed by atoms with van der Waals surface area (Å²) in [5.74, 6) is 0.105. The fourth-order valence-corrected chi connectivity index (χ4v) is 4.85. The van der Waals surface area contributed by atoms with Gasteiger partial charge in [0, 0.05) is 30.4 Å². The van der Waals surface area contributed by atoms with Crippen molar-refractivity contribution in [3.05, 3.63) is 31.3 Å². The highest BCUT2D eigenvalue weighted by Crippen LogP contribution is 2.30. The number of fused-ring (bicyclic) bond motifs is 1. The SMILES string of the molecule is Cc1c(CN2CCNC2=O)sc2c1c(=O)n(CC(F)F)c(=O)n2CC1COC1. The lowest BCUT2D eigenvalue weighted by Gasteiger charge is -2.27. The van der Waals surface area contributed by atoms with E-state index in [2.05, 4.69) is 5.32 Å². The zero-order valence-electron chi connectivity index (χ0n) is 15.2. The van der Waals surface area contributed by atoms with Gasteiger partial charge in [-0.05, 0) is 12.5 Å². The molecule has 4 rings (SSSR count). The minimum absolute atomic E-state index is 0.105. The van der Waals surface area contributed by atoms with Gasteiger partial charge in [0.05, 0.1) is 31.7 Å². The van der Waals surface area contributed by atoms with Crippen LogP contribution < -0.4 is 16.6 Å². The zero-order chi connectivity index (χ0) is 20.0. The molecule has 2 fully saturated rings. The summed E-state index contributed by atoms with van der Waals surface area (Å²) in [6, 6.07) is -0.184. The Hall–Kier alpha value is -2.27. The molecule has 2 aromatic heterocycles. The molecule has 4 heterocycles. The topological polar surface area (TPSA) is 85.6 Å². The normalized spacial score (nSPS) is 17.6. The first-order valence-electron chi connectivity index (χ1n) is 9.01. The fraction of sp³-hybridized carbons (Fsp3) is 0.588. The van der Waals surface area contributed by atoms with Crippen LogP contribution in [-0.4, -0.2) is 52.8 Å². The van der Waals surface area contributed by atoms with Gasteiger partial charge in [0.2, 0.25) is 0 Å². The summed E-state index contributed by atoms with van der Waals surface area (Å²) in [5, 5.41) is 3.00. The monoisotopic (exact) mass is 414 g/mol. The molecule has 2 aliphatic heterocycles. The Morgan fingerprint density at radius 2 is 2.00 bits per heavy atom. The first-order valence-corrected chi connectivity index (χ1v) is 9.82. The van der Waals surface area contributed by atoms with E-state index in [1.54, 1.807) is 11.8 Å². The third kappa shape index (κ3) is 3.22. The number of nitrogens with one attached hydrogen (secondary N) is 1. The first kappa shape index (κ1) is 19.1. The van der Waals surface area contributed by atoms with Gasteiger partial charge >= 0.3 is 11.7 Å². The molecule has 0 aromatic carbocycles. The van der Waals surface area contributed by atoms with Crippen molar-refractivity contribution in [2.24, 2.45) is 5.92 Å². The van der Waals surface area contributed by atoms with Crippen LogP contribution in [0.4, 0.5) is 13.6 Å². The minimum Gasteiger partial charge on any atom is -0.381 e. The summed E-state index contributed by atoms with van der Waals surface area (Å²) in [6.07, 6.45) is -2.81. The Morgan fingerprint density at radius 1 is 1.25 bits per heavy atom. The molecule has 28 heavy (non-hydrogen) atoms. The fourth-order valence-electron chi connectivity index (χ4n) is 3.53. The molecule has 0 atom stereocenters. The molecule has 2 aromatic rings. The van der Waals surface area contributed by atoms with Crippen molar-refractivity contribution in [2.45, 2.75) is 33.0 Å². The molecule has 2 amide bonds. The highest BCUT2D eigenvalue weighted by atomic mass is 32.1. The number of hydrogen-bond acceptors (Lipinski definition) is 5. The van der Waals surface area contributed by atoms with Crippen LogP contribution in [0.1, 0.15) is 10.4 Å². The van der Waals surface area contributed by atoms with E-state index in [0.717, 1.165) is 4.88 Å². The van der Waals surface area contributed by atoms with Gasteiger partial charge in [-0.3, -0.25) is 13.9 Å². The predicted molar refractivity (Wildman–Crippen MR) is 99.2 cm³/mol. The molecule has 11 heteroatoms. The number of carbonyl (C=O) groups is 1. The van der Waals surface area contributed by atoms with Gasteiger partial charge in [0.15, 0.2) is 0 Å². The number of halogens is 2. The maximum absolute atomic E-state index is 13.0. The lowest BCUT2D eigenvalue weighted by atomic mass is 10.1.